The van der Waals surface area contributed by atoms with Crippen molar-refractivity contribution in [3.63, 3.8) is 0 Å². The van der Waals surface area contributed by atoms with E-state index in [0.717, 1.165) is 223 Å². The van der Waals surface area contributed by atoms with E-state index in [1.807, 2.05) is 54.6 Å². The van der Waals surface area contributed by atoms with Gasteiger partial charge < -0.3 is 63.4 Å². The fraction of sp³-hybridized carbons (Fsp3) is 0.653. The Hall–Kier alpha value is -6.69. The molecule has 136 heavy (non-hydrogen) atoms. The molecule has 7 aromatic carbocycles. The monoisotopic (exact) mass is 1940 g/mol. The summed E-state index contributed by atoms with van der Waals surface area (Å²) in [5.74, 6) is 8.85. The quantitative estimate of drug-likeness (QED) is 0.0244. The fourth-order valence-corrected chi connectivity index (χ4v) is 20.1. The van der Waals surface area contributed by atoms with Crippen LogP contribution < -0.4 is 33.2 Å². The van der Waals surface area contributed by atoms with E-state index in [0.29, 0.717) is 55.8 Å². The molecule has 6 aliphatic carbocycles. The number of ether oxygens (including phenoxy) is 8. The number of aliphatic hydroxyl groups excluding tert-OH is 4. The molecule has 1 saturated heterocycles. The molecule has 14 rings (SSSR count). The molecule has 0 amide bonds. The second-order valence-corrected chi connectivity index (χ2v) is 41.4. The molecule has 0 spiro atoms. The number of aryl methyl sites for hydroxylation is 6. The summed E-state index contributed by atoms with van der Waals surface area (Å²) in [6, 6.07) is 50.9. The topological polar surface area (TPSA) is 175 Å². The van der Waals surface area contributed by atoms with E-state index in [9.17, 15) is 29.9 Å². The van der Waals surface area contributed by atoms with Gasteiger partial charge in [-0.05, 0) is 333 Å². The van der Waals surface area contributed by atoms with E-state index in [1.54, 1.807) is 6.07 Å². The van der Waals surface area contributed by atoms with E-state index >= 15 is 0 Å². The zero-order valence-electron chi connectivity index (χ0n) is 85.7. The summed E-state index contributed by atoms with van der Waals surface area (Å²) in [5, 5.41) is 50.1. The van der Waals surface area contributed by atoms with Gasteiger partial charge in [0.25, 0.3) is 0 Å². The second kappa shape index (κ2) is 70.0. The molecule has 6 saturated carbocycles. The van der Waals surface area contributed by atoms with E-state index in [-0.39, 0.29) is 30.7 Å². The highest BCUT2D eigenvalue weighted by molar-refractivity contribution is 9.10. The third-order valence-corrected chi connectivity index (χ3v) is 29.1. The summed E-state index contributed by atoms with van der Waals surface area (Å²) in [7, 11) is 0. The predicted octanol–water partition coefficient (Wildman–Crippen LogP) is 31.6. The van der Waals surface area contributed by atoms with Crippen LogP contribution >= 0.6 is 15.9 Å². The van der Waals surface area contributed by atoms with Crippen molar-refractivity contribution in [2.75, 3.05) is 52.9 Å². The number of rotatable bonds is 43. The lowest BCUT2D eigenvalue weighted by molar-refractivity contribution is -0.0257. The number of aliphatic hydroxyl groups is 5. The maximum atomic E-state index is 13.5. The van der Waals surface area contributed by atoms with Crippen LogP contribution in [0.25, 0.3) is 0 Å². The first-order valence-electron chi connectivity index (χ1n) is 54.9. The minimum atomic E-state index is -0.625. The average molecular weight is 1950 g/mol. The zero-order valence-corrected chi connectivity index (χ0v) is 87.3. The first-order chi connectivity index (χ1) is 66.5. The largest absolute Gasteiger partial charge is 0.493 e. The summed E-state index contributed by atoms with van der Waals surface area (Å²) in [4.78, 5) is 0. The molecule has 0 bridgehead atoms. The van der Waals surface area contributed by atoms with Crippen molar-refractivity contribution in [3.05, 3.63) is 206 Å². The van der Waals surface area contributed by atoms with E-state index < -0.39 is 11.7 Å². The fourth-order valence-electron chi connectivity index (χ4n) is 19.6. The lowest BCUT2D eigenvalue weighted by Gasteiger charge is -2.30. The third-order valence-electron chi connectivity index (χ3n) is 28.3. The molecule has 2 unspecified atom stereocenters. The lowest BCUT2D eigenvalue weighted by Crippen LogP contribution is -2.36. The van der Waals surface area contributed by atoms with Gasteiger partial charge in [0.05, 0.1) is 69.7 Å². The van der Waals surface area contributed by atoms with Crippen molar-refractivity contribution in [3.8, 4) is 40.2 Å². The SMILES string of the molecule is CCCC(O)c1cc(OCC2CCCCC2)ccc1Br.CCCCc1cc(CO)cc(OCC2CCCCC2)c1.CCCCc1cc(F)cc(OCC2CCCCC2)c1.CCCCc1cccc(OCC2(O)CCCCCCC2)c1.CCCCc1cccc(OCC2CCCCO2)c1.CCCCc1cccc(OC[C@@H]2CCCC[C@H]2O)c1.CCCCc1cccc(OC[C@H]2CCCC[C@H]2O)c1. The first-order valence-corrected chi connectivity index (χ1v) is 55.7. The van der Waals surface area contributed by atoms with Gasteiger partial charge in [-0.15, -0.1) is 0 Å². The Labute approximate surface area is 833 Å². The molecule has 6 atom stereocenters. The van der Waals surface area contributed by atoms with Gasteiger partial charge >= 0.3 is 0 Å². The third kappa shape index (κ3) is 48.2. The van der Waals surface area contributed by atoms with Crippen LogP contribution in [0.5, 0.6) is 40.2 Å². The van der Waals surface area contributed by atoms with Crippen LogP contribution in [0.4, 0.5) is 4.39 Å². The van der Waals surface area contributed by atoms with Crippen LogP contribution in [0, 0.1) is 35.4 Å². The second-order valence-electron chi connectivity index (χ2n) is 40.5. The summed E-state index contributed by atoms with van der Waals surface area (Å²) in [6.45, 7) is 21.1. The lowest BCUT2D eigenvalue weighted by atomic mass is 9.87. The molecule has 7 fully saturated rings. The number of unbranched alkanes of at least 4 members (excludes halogenated alkanes) is 6. The van der Waals surface area contributed by atoms with Crippen molar-refractivity contribution < 1.29 is 67.8 Å². The van der Waals surface area contributed by atoms with Gasteiger partial charge in [0.2, 0.25) is 0 Å². The number of halogens is 2. The minimum Gasteiger partial charge on any atom is -0.493 e. The summed E-state index contributed by atoms with van der Waals surface area (Å²) in [6.07, 6.45) is 62.3. The van der Waals surface area contributed by atoms with Crippen LogP contribution in [-0.4, -0.2) is 102 Å². The van der Waals surface area contributed by atoms with Gasteiger partial charge in [-0.1, -0.05) is 280 Å². The molecular weight excluding hydrogens is 1760 g/mol. The number of hydrogen-bond donors (Lipinski definition) is 5. The van der Waals surface area contributed by atoms with E-state index in [1.165, 1.54) is 239 Å². The van der Waals surface area contributed by atoms with Crippen molar-refractivity contribution in [2.24, 2.45) is 29.6 Å². The van der Waals surface area contributed by atoms with Gasteiger partial charge in [0.15, 0.2) is 0 Å². The van der Waals surface area contributed by atoms with Crippen molar-refractivity contribution in [1.82, 2.24) is 0 Å². The normalized spacial score (nSPS) is 19.4. The summed E-state index contributed by atoms with van der Waals surface area (Å²) < 4.78 is 61.4. The minimum absolute atomic E-state index is 0.0970. The highest BCUT2D eigenvalue weighted by atomic mass is 79.9. The number of hydrogen-bond acceptors (Lipinski definition) is 13. The Morgan fingerprint density at radius 3 is 1.10 bits per heavy atom. The molecule has 15 heteroatoms. The zero-order chi connectivity index (χ0) is 96.7. The average Bonchev–Trinajstić information content (AvgIpc) is 0.850. The van der Waals surface area contributed by atoms with E-state index in [2.05, 4.69) is 149 Å². The Bertz CT molecular complexity index is 4110. The molecule has 0 aromatic heterocycles. The van der Waals surface area contributed by atoms with Gasteiger partial charge in [-0.25, -0.2) is 4.39 Å². The summed E-state index contributed by atoms with van der Waals surface area (Å²) in [5.41, 5.74) is 9.03. The first kappa shape index (κ1) is 115. The molecule has 7 aromatic rings. The Morgan fingerprint density at radius 2 is 0.691 bits per heavy atom. The molecule has 13 nitrogen and oxygen atoms in total. The molecule has 1 heterocycles. The number of benzene rings is 7. The smallest absolute Gasteiger partial charge is 0.127 e. The van der Waals surface area contributed by atoms with Crippen molar-refractivity contribution >= 4 is 15.9 Å². The van der Waals surface area contributed by atoms with Crippen LogP contribution in [-0.2, 0) is 49.9 Å². The molecular formula is C121H184BrFO13. The summed E-state index contributed by atoms with van der Waals surface area (Å²) >= 11 is 3.51. The van der Waals surface area contributed by atoms with Crippen LogP contribution in [0.15, 0.2) is 156 Å². The van der Waals surface area contributed by atoms with Crippen LogP contribution in [0.3, 0.4) is 0 Å². The highest BCUT2D eigenvalue weighted by Gasteiger charge is 2.30. The molecule has 7 aliphatic rings. The predicted molar refractivity (Wildman–Crippen MR) is 565 cm³/mol. The van der Waals surface area contributed by atoms with Gasteiger partial charge in [0, 0.05) is 29.0 Å². The molecule has 5 N–H and O–H groups in total. The Kier molecular flexibility index (Phi) is 59.0. The van der Waals surface area contributed by atoms with Gasteiger partial charge in [-0.2, -0.15) is 0 Å². The van der Waals surface area contributed by atoms with Crippen molar-refractivity contribution in [1.29, 1.82) is 0 Å². The van der Waals surface area contributed by atoms with Crippen molar-refractivity contribution in [2.45, 2.75) is 425 Å². The maximum Gasteiger partial charge on any atom is 0.127 e. The Balaban J connectivity index is 0.000000195. The standard InChI is InChI=1S/C19H30O2.C18H28O2.C17H25BrO2.C17H25FO.2C17H26O2.C16H24O2/c1-2-3-10-17-11-9-12-18(15-17)21-16-19(20)13-7-5-4-6-8-14-19;1-2-3-7-16-10-17(13-19)12-18(11-16)20-14-15-8-5-4-6-9-15;1-2-6-17(19)15-11-14(9-10-16(15)18)20-12-13-7-4-3-5-8-13;1-2-3-7-15-10-16(18)12-17(11-15)19-13-14-8-5-4-6-9-14;2*1-2-3-7-14-8-6-10-16(12-14)19-13-15-9-4-5-11-17(15)18;1-2-3-7-14-8-6-10-15(12-14)18-13-16-9-4-5-11-17-16/h9,11-12,15,20H,2-8,10,13-14,16H2,1H3;10-12,15,19H,2-9,13-14H2,1H3;9-11,13,17,19H,2-8,12H2,1H3;10-12,14H,2-9,13H2,1H3;2*6,8,10,12,15,17-18H,2-5,7,9,11,13H2,1H3;6,8,10,12,16H,2-5,7,9,11,13H2,1H3/t;;;;15-,17+;15-,17-;/m....01./s1. The molecule has 0 radical (unpaired) electrons. The van der Waals surface area contributed by atoms with Crippen LogP contribution in [0.2, 0.25) is 0 Å². The highest BCUT2D eigenvalue weighted by Crippen LogP contribution is 2.36. The molecule has 1 aliphatic heterocycles. The van der Waals surface area contributed by atoms with Gasteiger partial charge in [0.1, 0.15) is 59.3 Å². The van der Waals surface area contributed by atoms with E-state index in [4.69, 9.17) is 37.9 Å². The van der Waals surface area contributed by atoms with Gasteiger partial charge in [-0.3, -0.25) is 0 Å². The van der Waals surface area contributed by atoms with Crippen LogP contribution in [0.1, 0.15) is 401 Å². The maximum absolute atomic E-state index is 13.5. The molecule has 760 valence electrons. The Morgan fingerprint density at radius 1 is 0.346 bits per heavy atom.